The summed E-state index contributed by atoms with van der Waals surface area (Å²) in [5.74, 6) is 0. The molecule has 0 fully saturated rings. The molecule has 106 valence electrons. The molecule has 1 unspecified atom stereocenters. The quantitative estimate of drug-likeness (QED) is 0.758. The van der Waals surface area contributed by atoms with E-state index in [0.29, 0.717) is 0 Å². The zero-order chi connectivity index (χ0) is 13.9. The van der Waals surface area contributed by atoms with E-state index in [1.807, 2.05) is 24.1 Å². The predicted octanol–water partition coefficient (Wildman–Crippen LogP) is 2.41. The van der Waals surface area contributed by atoms with Crippen LogP contribution in [0.1, 0.15) is 30.8 Å². The molecule has 5 nitrogen and oxygen atoms in total. The molecule has 3 rings (SSSR count). The van der Waals surface area contributed by atoms with Crippen LogP contribution in [0.4, 0.5) is 0 Å². The highest BCUT2D eigenvalue weighted by Crippen LogP contribution is 2.18. The number of aryl methyl sites for hydroxylation is 1. The van der Waals surface area contributed by atoms with Crippen LogP contribution in [0.3, 0.4) is 0 Å². The summed E-state index contributed by atoms with van der Waals surface area (Å²) in [5, 5.41) is 10.1. The molecule has 3 heterocycles. The molecule has 0 aliphatic heterocycles. The van der Waals surface area contributed by atoms with Crippen molar-refractivity contribution < 1.29 is 0 Å². The van der Waals surface area contributed by atoms with Crippen LogP contribution in [0.2, 0.25) is 0 Å². The van der Waals surface area contributed by atoms with Crippen molar-refractivity contribution in [1.82, 2.24) is 24.5 Å². The summed E-state index contributed by atoms with van der Waals surface area (Å²) in [6, 6.07) is 2.30. The van der Waals surface area contributed by atoms with Crippen LogP contribution in [0.15, 0.2) is 30.0 Å². The summed E-state index contributed by atoms with van der Waals surface area (Å²) in [5.41, 5.74) is 2.19. The summed E-state index contributed by atoms with van der Waals surface area (Å²) in [4.78, 5) is 5.71. The SMILES string of the molecule is CCCNC(Cc1cn2ccsc2n1)c1ccn(C)n1. The Morgan fingerprint density at radius 1 is 1.40 bits per heavy atom. The Hall–Kier alpha value is -1.66. The molecule has 1 atom stereocenters. The van der Waals surface area contributed by atoms with Gasteiger partial charge < -0.3 is 5.32 Å². The fraction of sp³-hybridized carbons (Fsp3) is 0.429. The molecular formula is C14H19N5S. The summed E-state index contributed by atoms with van der Waals surface area (Å²) in [7, 11) is 1.95. The first-order valence-corrected chi connectivity index (χ1v) is 7.78. The lowest BCUT2D eigenvalue weighted by Gasteiger charge is -2.15. The monoisotopic (exact) mass is 289 g/mol. The third kappa shape index (κ3) is 2.76. The van der Waals surface area contributed by atoms with E-state index in [0.717, 1.165) is 35.7 Å². The Morgan fingerprint density at radius 3 is 3.00 bits per heavy atom. The molecule has 0 saturated heterocycles. The minimum atomic E-state index is 0.223. The summed E-state index contributed by atoms with van der Waals surface area (Å²) >= 11 is 1.66. The lowest BCUT2D eigenvalue weighted by Crippen LogP contribution is -2.24. The molecule has 0 spiro atoms. The number of nitrogens with one attached hydrogen (secondary N) is 1. The van der Waals surface area contributed by atoms with Gasteiger partial charge in [-0.25, -0.2) is 4.98 Å². The van der Waals surface area contributed by atoms with Crippen LogP contribution < -0.4 is 5.32 Å². The van der Waals surface area contributed by atoms with Crippen molar-refractivity contribution in [1.29, 1.82) is 0 Å². The number of aromatic nitrogens is 4. The van der Waals surface area contributed by atoms with Gasteiger partial charge in [-0.05, 0) is 19.0 Å². The Kier molecular flexibility index (Phi) is 3.84. The maximum atomic E-state index is 4.66. The van der Waals surface area contributed by atoms with E-state index in [-0.39, 0.29) is 6.04 Å². The zero-order valence-electron chi connectivity index (χ0n) is 11.8. The van der Waals surface area contributed by atoms with E-state index in [4.69, 9.17) is 0 Å². The Balaban J connectivity index is 1.80. The van der Waals surface area contributed by atoms with Crippen LogP contribution >= 0.6 is 11.3 Å². The molecule has 3 aromatic rings. The molecule has 6 heteroatoms. The van der Waals surface area contributed by atoms with Gasteiger partial charge in [0.1, 0.15) is 0 Å². The topological polar surface area (TPSA) is 47.1 Å². The van der Waals surface area contributed by atoms with E-state index in [2.05, 4.69) is 44.4 Å². The van der Waals surface area contributed by atoms with Crippen LogP contribution in [0, 0.1) is 0 Å². The van der Waals surface area contributed by atoms with E-state index in [9.17, 15) is 0 Å². The molecule has 3 aromatic heterocycles. The normalized spacial score (nSPS) is 13.1. The first kappa shape index (κ1) is 13.3. The number of fused-ring (bicyclic) bond motifs is 1. The van der Waals surface area contributed by atoms with Gasteiger partial charge in [-0.3, -0.25) is 9.08 Å². The van der Waals surface area contributed by atoms with Crippen LogP contribution in [0.5, 0.6) is 0 Å². The Morgan fingerprint density at radius 2 is 2.30 bits per heavy atom. The van der Waals surface area contributed by atoms with Gasteiger partial charge >= 0.3 is 0 Å². The third-order valence-corrected chi connectivity index (χ3v) is 4.06. The second-order valence-corrected chi connectivity index (χ2v) is 5.82. The maximum Gasteiger partial charge on any atom is 0.193 e. The van der Waals surface area contributed by atoms with Crippen LogP contribution in [0.25, 0.3) is 4.96 Å². The van der Waals surface area contributed by atoms with Crippen LogP contribution in [-0.2, 0) is 13.5 Å². The van der Waals surface area contributed by atoms with Gasteiger partial charge in [-0.2, -0.15) is 5.10 Å². The number of hydrogen-bond donors (Lipinski definition) is 1. The maximum absolute atomic E-state index is 4.66. The Bertz CT molecular complexity index is 652. The van der Waals surface area contributed by atoms with E-state index in [1.54, 1.807) is 11.3 Å². The third-order valence-electron chi connectivity index (χ3n) is 3.29. The smallest absolute Gasteiger partial charge is 0.193 e. The van der Waals surface area contributed by atoms with Gasteiger partial charge in [0, 0.05) is 37.4 Å². The molecule has 0 bridgehead atoms. The van der Waals surface area contributed by atoms with Crippen molar-refractivity contribution in [3.05, 3.63) is 41.4 Å². The standard InChI is InChI=1S/C14H19N5S/c1-3-5-15-13(12-4-6-18(2)17-12)9-11-10-19-7-8-20-14(19)16-11/h4,6-8,10,13,15H,3,5,9H2,1-2H3. The van der Waals surface area contributed by atoms with Gasteiger partial charge in [-0.15, -0.1) is 11.3 Å². The average molecular weight is 289 g/mol. The summed E-state index contributed by atoms with van der Waals surface area (Å²) < 4.78 is 3.93. The lowest BCUT2D eigenvalue weighted by atomic mass is 10.1. The molecule has 0 radical (unpaired) electrons. The van der Waals surface area contributed by atoms with E-state index < -0.39 is 0 Å². The second-order valence-electron chi connectivity index (χ2n) is 4.95. The van der Waals surface area contributed by atoms with E-state index in [1.165, 1.54) is 0 Å². The van der Waals surface area contributed by atoms with Crippen molar-refractivity contribution in [2.24, 2.45) is 7.05 Å². The van der Waals surface area contributed by atoms with Gasteiger partial charge in [0.15, 0.2) is 4.96 Å². The number of hydrogen-bond acceptors (Lipinski definition) is 4. The Labute approximate surface area is 122 Å². The van der Waals surface area contributed by atoms with Gasteiger partial charge in [0.2, 0.25) is 0 Å². The minimum Gasteiger partial charge on any atom is -0.308 e. The molecular weight excluding hydrogens is 270 g/mol. The second kappa shape index (κ2) is 5.76. The minimum absolute atomic E-state index is 0.223. The summed E-state index contributed by atoms with van der Waals surface area (Å²) in [6.45, 7) is 3.17. The first-order valence-electron chi connectivity index (χ1n) is 6.90. The molecule has 0 aromatic carbocycles. The zero-order valence-corrected chi connectivity index (χ0v) is 12.6. The van der Waals surface area contributed by atoms with Crippen molar-refractivity contribution in [2.45, 2.75) is 25.8 Å². The highest BCUT2D eigenvalue weighted by atomic mass is 32.1. The van der Waals surface area contributed by atoms with Crippen molar-refractivity contribution in [3.63, 3.8) is 0 Å². The van der Waals surface area contributed by atoms with E-state index >= 15 is 0 Å². The molecule has 1 N–H and O–H groups in total. The summed E-state index contributed by atoms with van der Waals surface area (Å²) in [6.07, 6.45) is 8.12. The highest BCUT2D eigenvalue weighted by molar-refractivity contribution is 7.15. The average Bonchev–Trinajstić information content (AvgIpc) is 3.09. The van der Waals surface area contributed by atoms with Gasteiger partial charge in [0.25, 0.3) is 0 Å². The largest absolute Gasteiger partial charge is 0.308 e. The molecule has 0 saturated carbocycles. The molecule has 0 aliphatic carbocycles. The number of rotatable bonds is 6. The van der Waals surface area contributed by atoms with Crippen molar-refractivity contribution in [2.75, 3.05) is 6.54 Å². The van der Waals surface area contributed by atoms with Gasteiger partial charge in [-0.1, -0.05) is 6.92 Å². The van der Waals surface area contributed by atoms with Crippen molar-refractivity contribution >= 4 is 16.3 Å². The lowest BCUT2D eigenvalue weighted by molar-refractivity contribution is 0.507. The molecule has 20 heavy (non-hydrogen) atoms. The first-order chi connectivity index (χ1) is 9.76. The number of imidazole rings is 1. The van der Waals surface area contributed by atoms with Gasteiger partial charge in [0.05, 0.1) is 17.4 Å². The van der Waals surface area contributed by atoms with Crippen molar-refractivity contribution in [3.8, 4) is 0 Å². The highest BCUT2D eigenvalue weighted by Gasteiger charge is 2.16. The number of nitrogens with zero attached hydrogens (tertiary/aromatic N) is 4. The molecule has 0 amide bonds. The van der Waals surface area contributed by atoms with Crippen LogP contribution in [-0.4, -0.2) is 25.7 Å². The fourth-order valence-corrected chi connectivity index (χ4v) is 3.02. The fourth-order valence-electron chi connectivity index (χ4n) is 2.30. The number of thiazole rings is 1. The molecule has 0 aliphatic rings. The predicted molar refractivity (Wildman–Crippen MR) is 81.0 cm³/mol.